The third-order valence-electron chi connectivity index (χ3n) is 5.01. The van der Waals surface area contributed by atoms with Crippen molar-refractivity contribution in [1.29, 1.82) is 0 Å². The highest BCUT2D eigenvalue weighted by molar-refractivity contribution is 5.92. The lowest BCUT2D eigenvalue weighted by Crippen LogP contribution is -2.47. The SMILES string of the molecule is CCOc1ccc(NC(=O)C2CCN(C(=O)N3CCCC3)CC2)cc1F. The van der Waals surface area contributed by atoms with E-state index in [-0.39, 0.29) is 23.6 Å². The van der Waals surface area contributed by atoms with Gasteiger partial charge in [-0.1, -0.05) is 0 Å². The van der Waals surface area contributed by atoms with E-state index < -0.39 is 5.82 Å². The molecular formula is C19H26FN3O3. The van der Waals surface area contributed by atoms with E-state index in [1.807, 2.05) is 9.80 Å². The lowest BCUT2D eigenvalue weighted by Gasteiger charge is -2.34. The number of urea groups is 1. The van der Waals surface area contributed by atoms with Gasteiger partial charge >= 0.3 is 6.03 Å². The van der Waals surface area contributed by atoms with Crippen LogP contribution in [0.5, 0.6) is 5.75 Å². The normalized spacial score (nSPS) is 18.1. The summed E-state index contributed by atoms with van der Waals surface area (Å²) in [5.41, 5.74) is 0.423. The van der Waals surface area contributed by atoms with Gasteiger partial charge in [-0.25, -0.2) is 9.18 Å². The van der Waals surface area contributed by atoms with Crippen LogP contribution in [0.25, 0.3) is 0 Å². The number of hydrogen-bond acceptors (Lipinski definition) is 3. The first-order chi connectivity index (χ1) is 12.6. The summed E-state index contributed by atoms with van der Waals surface area (Å²) in [5.74, 6) is -0.594. The Kier molecular flexibility index (Phi) is 5.96. The van der Waals surface area contributed by atoms with Crippen molar-refractivity contribution in [3.63, 3.8) is 0 Å². The number of benzene rings is 1. The number of halogens is 1. The minimum Gasteiger partial charge on any atom is -0.491 e. The van der Waals surface area contributed by atoms with Crippen molar-refractivity contribution in [2.45, 2.75) is 32.6 Å². The monoisotopic (exact) mass is 363 g/mol. The van der Waals surface area contributed by atoms with E-state index in [1.165, 1.54) is 12.1 Å². The predicted molar refractivity (Wildman–Crippen MR) is 96.7 cm³/mol. The number of carbonyl (C=O) groups is 2. The summed E-state index contributed by atoms with van der Waals surface area (Å²) in [6.45, 7) is 5.02. The van der Waals surface area contributed by atoms with Crippen LogP contribution in [-0.4, -0.2) is 54.5 Å². The standard InChI is InChI=1S/C19H26FN3O3/c1-2-26-17-6-5-15(13-16(17)20)21-18(24)14-7-11-23(12-8-14)19(25)22-9-3-4-10-22/h5-6,13-14H,2-4,7-12H2,1H3,(H,21,24). The van der Waals surface area contributed by atoms with Crippen LogP contribution in [0.3, 0.4) is 0 Å². The van der Waals surface area contributed by atoms with E-state index >= 15 is 0 Å². The van der Waals surface area contributed by atoms with Crippen LogP contribution in [0.2, 0.25) is 0 Å². The minimum absolute atomic E-state index is 0.0925. The van der Waals surface area contributed by atoms with Crippen LogP contribution >= 0.6 is 0 Å². The molecule has 0 aromatic heterocycles. The number of nitrogens with zero attached hydrogens (tertiary/aromatic N) is 2. The number of anilines is 1. The molecule has 0 saturated carbocycles. The van der Waals surface area contributed by atoms with Gasteiger partial charge in [0.15, 0.2) is 11.6 Å². The van der Waals surface area contributed by atoms with Crippen molar-refractivity contribution in [3.8, 4) is 5.75 Å². The Morgan fingerprint density at radius 1 is 1.15 bits per heavy atom. The Labute approximate surface area is 153 Å². The molecular weight excluding hydrogens is 337 g/mol. The third-order valence-corrected chi connectivity index (χ3v) is 5.01. The number of amides is 3. The fourth-order valence-corrected chi connectivity index (χ4v) is 3.54. The Hall–Kier alpha value is -2.31. The molecule has 0 bridgehead atoms. The Morgan fingerprint density at radius 2 is 1.81 bits per heavy atom. The summed E-state index contributed by atoms with van der Waals surface area (Å²) in [6, 6.07) is 4.52. The molecule has 2 aliphatic rings. The number of likely N-dealkylation sites (tertiary alicyclic amines) is 2. The molecule has 0 aliphatic carbocycles. The van der Waals surface area contributed by atoms with Crippen molar-refractivity contribution in [3.05, 3.63) is 24.0 Å². The highest BCUT2D eigenvalue weighted by Crippen LogP contribution is 2.24. The topological polar surface area (TPSA) is 61.9 Å². The molecule has 1 N–H and O–H groups in total. The number of hydrogen-bond donors (Lipinski definition) is 1. The fraction of sp³-hybridized carbons (Fsp3) is 0.579. The van der Waals surface area contributed by atoms with E-state index in [9.17, 15) is 14.0 Å². The molecule has 142 valence electrons. The smallest absolute Gasteiger partial charge is 0.319 e. The van der Waals surface area contributed by atoms with Crippen LogP contribution in [0.4, 0.5) is 14.9 Å². The van der Waals surface area contributed by atoms with Crippen molar-refractivity contribution in [2.24, 2.45) is 5.92 Å². The predicted octanol–water partition coefficient (Wildman–Crippen LogP) is 3.09. The molecule has 2 aliphatic heterocycles. The maximum atomic E-state index is 13.9. The van der Waals surface area contributed by atoms with Gasteiger partial charge in [0.2, 0.25) is 5.91 Å². The maximum absolute atomic E-state index is 13.9. The minimum atomic E-state index is -0.490. The van der Waals surface area contributed by atoms with Gasteiger partial charge in [0.1, 0.15) is 0 Å². The first kappa shape index (κ1) is 18.5. The van der Waals surface area contributed by atoms with E-state index in [2.05, 4.69) is 5.32 Å². The van der Waals surface area contributed by atoms with E-state index in [1.54, 1.807) is 13.0 Å². The zero-order chi connectivity index (χ0) is 18.5. The molecule has 6 nitrogen and oxygen atoms in total. The summed E-state index contributed by atoms with van der Waals surface area (Å²) >= 11 is 0. The van der Waals surface area contributed by atoms with E-state index in [0.29, 0.717) is 38.2 Å². The summed E-state index contributed by atoms with van der Waals surface area (Å²) in [7, 11) is 0. The lowest BCUT2D eigenvalue weighted by molar-refractivity contribution is -0.121. The molecule has 0 unspecified atom stereocenters. The molecule has 2 saturated heterocycles. The summed E-state index contributed by atoms with van der Waals surface area (Å²) in [5, 5.41) is 2.77. The molecule has 2 fully saturated rings. The average Bonchev–Trinajstić information content (AvgIpc) is 3.18. The molecule has 0 spiro atoms. The second-order valence-corrected chi connectivity index (χ2v) is 6.81. The molecule has 0 radical (unpaired) electrons. The molecule has 1 aromatic rings. The van der Waals surface area contributed by atoms with Crippen molar-refractivity contribution < 1.29 is 18.7 Å². The Morgan fingerprint density at radius 3 is 2.42 bits per heavy atom. The summed E-state index contributed by atoms with van der Waals surface area (Å²) in [4.78, 5) is 28.6. The lowest BCUT2D eigenvalue weighted by atomic mass is 9.96. The van der Waals surface area contributed by atoms with Gasteiger partial charge in [-0.05, 0) is 44.7 Å². The molecule has 0 atom stereocenters. The zero-order valence-electron chi connectivity index (χ0n) is 15.2. The van der Waals surface area contributed by atoms with Gasteiger partial charge in [0.25, 0.3) is 0 Å². The quantitative estimate of drug-likeness (QED) is 0.894. The maximum Gasteiger partial charge on any atom is 0.319 e. The zero-order valence-corrected chi connectivity index (χ0v) is 15.2. The van der Waals surface area contributed by atoms with E-state index in [0.717, 1.165) is 25.9 Å². The molecule has 1 aromatic carbocycles. The second-order valence-electron chi connectivity index (χ2n) is 6.81. The van der Waals surface area contributed by atoms with Crippen LogP contribution in [-0.2, 0) is 4.79 Å². The van der Waals surface area contributed by atoms with Crippen LogP contribution in [0, 0.1) is 11.7 Å². The Balaban J connectivity index is 1.50. The first-order valence-corrected chi connectivity index (χ1v) is 9.35. The van der Waals surface area contributed by atoms with Crippen LogP contribution in [0.15, 0.2) is 18.2 Å². The first-order valence-electron chi connectivity index (χ1n) is 9.35. The molecule has 3 amide bonds. The number of ether oxygens (including phenoxy) is 1. The largest absolute Gasteiger partial charge is 0.491 e. The van der Waals surface area contributed by atoms with Gasteiger partial charge in [0.05, 0.1) is 6.61 Å². The second kappa shape index (κ2) is 8.38. The van der Waals surface area contributed by atoms with Crippen molar-refractivity contribution in [1.82, 2.24) is 9.80 Å². The van der Waals surface area contributed by atoms with E-state index in [4.69, 9.17) is 4.74 Å². The molecule has 3 rings (SSSR count). The van der Waals surface area contributed by atoms with Crippen molar-refractivity contribution in [2.75, 3.05) is 38.1 Å². The van der Waals surface area contributed by atoms with Gasteiger partial charge in [-0.2, -0.15) is 0 Å². The number of nitrogens with one attached hydrogen (secondary N) is 1. The molecule has 2 heterocycles. The fourth-order valence-electron chi connectivity index (χ4n) is 3.54. The molecule has 26 heavy (non-hydrogen) atoms. The highest BCUT2D eigenvalue weighted by Gasteiger charge is 2.30. The summed E-state index contributed by atoms with van der Waals surface area (Å²) in [6.07, 6.45) is 3.41. The Bertz CT molecular complexity index is 653. The third kappa shape index (κ3) is 4.26. The van der Waals surface area contributed by atoms with Crippen LogP contribution < -0.4 is 10.1 Å². The van der Waals surface area contributed by atoms with Crippen LogP contribution in [0.1, 0.15) is 32.6 Å². The number of rotatable bonds is 4. The van der Waals surface area contributed by atoms with Crippen molar-refractivity contribution >= 4 is 17.6 Å². The molecule has 7 heteroatoms. The van der Waals surface area contributed by atoms with Gasteiger partial charge in [-0.15, -0.1) is 0 Å². The number of piperidine rings is 1. The van der Waals surface area contributed by atoms with Gasteiger partial charge in [-0.3, -0.25) is 4.79 Å². The van der Waals surface area contributed by atoms with Gasteiger partial charge < -0.3 is 19.9 Å². The number of carbonyl (C=O) groups excluding carboxylic acids is 2. The highest BCUT2D eigenvalue weighted by atomic mass is 19.1. The average molecular weight is 363 g/mol. The summed E-state index contributed by atoms with van der Waals surface area (Å²) < 4.78 is 19.1. The van der Waals surface area contributed by atoms with Gasteiger partial charge in [0, 0.05) is 43.9 Å².